The molecule has 0 bridgehead atoms. The second kappa shape index (κ2) is 7.69. The number of ether oxygens (including phenoxy) is 2. The van der Waals surface area contributed by atoms with Gasteiger partial charge in [-0.15, -0.1) is 0 Å². The molecule has 0 radical (unpaired) electrons. The summed E-state index contributed by atoms with van der Waals surface area (Å²) in [5.74, 6) is -1.56. The Labute approximate surface area is 144 Å². The number of hydrogen-bond donors (Lipinski definition) is 0. The summed E-state index contributed by atoms with van der Waals surface area (Å²) in [4.78, 5) is 37.9. The SMILES string of the molecule is COC(=O)C1=C(C)N=C(C)C(COC=O)C1c1cccc([N+](=O)[O-])c1. The van der Waals surface area contributed by atoms with Gasteiger partial charge in [-0.3, -0.25) is 19.9 Å². The third-order valence-electron chi connectivity index (χ3n) is 4.17. The highest BCUT2D eigenvalue weighted by Gasteiger charge is 2.38. The van der Waals surface area contributed by atoms with Gasteiger partial charge in [0, 0.05) is 35.4 Å². The van der Waals surface area contributed by atoms with Crippen molar-refractivity contribution in [3.8, 4) is 0 Å². The van der Waals surface area contributed by atoms with Crippen molar-refractivity contribution in [1.82, 2.24) is 0 Å². The second-order valence-electron chi connectivity index (χ2n) is 5.61. The van der Waals surface area contributed by atoms with Crippen LogP contribution in [-0.2, 0) is 19.1 Å². The highest BCUT2D eigenvalue weighted by atomic mass is 16.6. The zero-order valence-electron chi connectivity index (χ0n) is 14.1. The van der Waals surface area contributed by atoms with Gasteiger partial charge in [0.05, 0.1) is 24.2 Å². The lowest BCUT2D eigenvalue weighted by molar-refractivity contribution is -0.384. The lowest BCUT2D eigenvalue weighted by Gasteiger charge is -2.32. The van der Waals surface area contributed by atoms with Gasteiger partial charge in [-0.1, -0.05) is 12.1 Å². The normalized spacial score (nSPS) is 19.9. The van der Waals surface area contributed by atoms with E-state index < -0.39 is 22.7 Å². The van der Waals surface area contributed by atoms with Crippen LogP contribution in [0.25, 0.3) is 0 Å². The molecule has 2 rings (SSSR count). The third kappa shape index (κ3) is 3.73. The van der Waals surface area contributed by atoms with E-state index in [-0.39, 0.29) is 12.3 Å². The molecule has 2 unspecified atom stereocenters. The van der Waals surface area contributed by atoms with Crippen LogP contribution < -0.4 is 0 Å². The molecule has 0 N–H and O–H groups in total. The number of aliphatic imine (C=N–C) groups is 1. The first-order valence-corrected chi connectivity index (χ1v) is 7.54. The van der Waals surface area contributed by atoms with Gasteiger partial charge in [-0.05, 0) is 19.4 Å². The molecule has 2 atom stereocenters. The first kappa shape index (κ1) is 18.3. The van der Waals surface area contributed by atoms with Crippen LogP contribution in [0.15, 0.2) is 40.5 Å². The number of hydrogen-bond acceptors (Lipinski definition) is 7. The monoisotopic (exact) mass is 346 g/mol. The molecule has 1 aromatic rings. The molecule has 1 aliphatic heterocycles. The molecular formula is C17H18N2O6. The summed E-state index contributed by atoms with van der Waals surface area (Å²) in [6, 6.07) is 6.03. The topological polar surface area (TPSA) is 108 Å². The van der Waals surface area contributed by atoms with E-state index in [4.69, 9.17) is 9.47 Å². The maximum atomic E-state index is 12.3. The number of allylic oxidation sites excluding steroid dienone is 1. The molecule has 0 saturated carbocycles. The van der Waals surface area contributed by atoms with Crippen LogP contribution in [0.2, 0.25) is 0 Å². The molecule has 0 aromatic heterocycles. The molecule has 1 aliphatic rings. The molecule has 1 aromatic carbocycles. The van der Waals surface area contributed by atoms with Crippen LogP contribution in [0.5, 0.6) is 0 Å². The molecule has 1 heterocycles. The van der Waals surface area contributed by atoms with Crippen molar-refractivity contribution in [2.45, 2.75) is 19.8 Å². The van der Waals surface area contributed by atoms with E-state index >= 15 is 0 Å². The van der Waals surface area contributed by atoms with Crippen molar-refractivity contribution in [2.24, 2.45) is 10.9 Å². The average Bonchev–Trinajstić information content (AvgIpc) is 2.59. The summed E-state index contributed by atoms with van der Waals surface area (Å²) in [7, 11) is 1.26. The zero-order valence-corrected chi connectivity index (χ0v) is 14.1. The van der Waals surface area contributed by atoms with E-state index in [9.17, 15) is 19.7 Å². The van der Waals surface area contributed by atoms with Crippen LogP contribution in [0, 0.1) is 16.0 Å². The molecule has 0 saturated heterocycles. The van der Waals surface area contributed by atoms with Crippen molar-refractivity contribution in [2.75, 3.05) is 13.7 Å². The average molecular weight is 346 g/mol. The van der Waals surface area contributed by atoms with Gasteiger partial charge in [0.1, 0.15) is 0 Å². The molecule has 8 nitrogen and oxygen atoms in total. The molecule has 0 spiro atoms. The standard InChI is InChI=1S/C17H18N2O6/c1-10-14(8-25-9-20)16(15(11(2)18-10)17(21)24-3)12-5-4-6-13(7-12)19(22)23/h4-7,9,14,16H,8H2,1-3H3. The smallest absolute Gasteiger partial charge is 0.336 e. The molecule has 0 aliphatic carbocycles. The van der Waals surface area contributed by atoms with E-state index in [2.05, 4.69) is 4.99 Å². The Morgan fingerprint density at radius 2 is 2.12 bits per heavy atom. The van der Waals surface area contributed by atoms with Crippen LogP contribution in [0.4, 0.5) is 5.69 Å². The van der Waals surface area contributed by atoms with Crippen molar-refractivity contribution in [3.63, 3.8) is 0 Å². The Hall–Kier alpha value is -3.03. The number of benzene rings is 1. The number of nitro benzene ring substituents is 1. The number of esters is 1. The van der Waals surface area contributed by atoms with Crippen LogP contribution >= 0.6 is 0 Å². The van der Waals surface area contributed by atoms with Crippen LogP contribution in [0.1, 0.15) is 25.3 Å². The van der Waals surface area contributed by atoms with Crippen molar-refractivity contribution in [3.05, 3.63) is 51.2 Å². The number of non-ortho nitro benzene ring substituents is 1. The predicted octanol–water partition coefficient (Wildman–Crippen LogP) is 2.39. The van der Waals surface area contributed by atoms with Gasteiger partial charge in [0.2, 0.25) is 0 Å². The number of carbonyl (C=O) groups excluding carboxylic acids is 2. The Morgan fingerprint density at radius 1 is 1.40 bits per heavy atom. The number of carbonyl (C=O) groups is 2. The van der Waals surface area contributed by atoms with Crippen LogP contribution in [-0.4, -0.2) is 36.8 Å². The zero-order chi connectivity index (χ0) is 18.6. The van der Waals surface area contributed by atoms with E-state index in [1.54, 1.807) is 26.0 Å². The fourth-order valence-electron chi connectivity index (χ4n) is 3.05. The lowest BCUT2D eigenvalue weighted by Crippen LogP contribution is -2.33. The molecular weight excluding hydrogens is 328 g/mol. The Bertz CT molecular complexity index is 768. The number of nitrogens with zero attached hydrogens (tertiary/aromatic N) is 2. The van der Waals surface area contributed by atoms with E-state index in [0.29, 0.717) is 29.0 Å². The van der Waals surface area contributed by atoms with Crippen molar-refractivity contribution in [1.29, 1.82) is 0 Å². The Morgan fingerprint density at radius 3 is 2.72 bits per heavy atom. The molecule has 25 heavy (non-hydrogen) atoms. The van der Waals surface area contributed by atoms with Crippen LogP contribution in [0.3, 0.4) is 0 Å². The fraction of sp³-hybridized carbons (Fsp3) is 0.353. The molecule has 8 heteroatoms. The van der Waals surface area contributed by atoms with Crippen molar-refractivity contribution < 1.29 is 24.0 Å². The van der Waals surface area contributed by atoms with Gasteiger partial charge in [-0.25, -0.2) is 4.79 Å². The Kier molecular flexibility index (Phi) is 5.63. The minimum Gasteiger partial charge on any atom is -0.467 e. The van der Waals surface area contributed by atoms with Gasteiger partial charge < -0.3 is 9.47 Å². The largest absolute Gasteiger partial charge is 0.467 e. The summed E-state index contributed by atoms with van der Waals surface area (Å²) >= 11 is 0. The summed E-state index contributed by atoms with van der Waals surface area (Å²) in [6.45, 7) is 3.76. The van der Waals surface area contributed by atoms with Gasteiger partial charge in [-0.2, -0.15) is 0 Å². The summed E-state index contributed by atoms with van der Waals surface area (Å²) in [5, 5.41) is 11.1. The maximum Gasteiger partial charge on any atom is 0.336 e. The second-order valence-corrected chi connectivity index (χ2v) is 5.61. The van der Waals surface area contributed by atoms with E-state index in [1.165, 1.54) is 19.2 Å². The minimum atomic E-state index is -0.568. The minimum absolute atomic E-state index is 0.0000335. The van der Waals surface area contributed by atoms with E-state index in [0.717, 1.165) is 0 Å². The third-order valence-corrected chi connectivity index (χ3v) is 4.17. The Balaban J connectivity index is 2.61. The summed E-state index contributed by atoms with van der Waals surface area (Å²) in [5.41, 5.74) is 1.91. The van der Waals surface area contributed by atoms with Gasteiger partial charge >= 0.3 is 5.97 Å². The lowest BCUT2D eigenvalue weighted by atomic mass is 9.76. The molecule has 0 fully saturated rings. The summed E-state index contributed by atoms with van der Waals surface area (Å²) < 4.78 is 9.77. The van der Waals surface area contributed by atoms with Gasteiger partial charge in [0.15, 0.2) is 0 Å². The fourth-order valence-corrected chi connectivity index (χ4v) is 3.05. The van der Waals surface area contributed by atoms with Gasteiger partial charge in [0.25, 0.3) is 12.2 Å². The highest BCUT2D eigenvalue weighted by Crippen LogP contribution is 2.40. The first-order chi connectivity index (χ1) is 11.9. The highest BCUT2D eigenvalue weighted by molar-refractivity contribution is 5.97. The maximum absolute atomic E-state index is 12.3. The predicted molar refractivity (Wildman–Crippen MR) is 89.2 cm³/mol. The van der Waals surface area contributed by atoms with E-state index in [1.807, 2.05) is 0 Å². The number of methoxy groups -OCH3 is 1. The first-order valence-electron chi connectivity index (χ1n) is 7.54. The summed E-state index contributed by atoms with van der Waals surface area (Å²) in [6.07, 6.45) is 0. The number of nitro groups is 1. The number of rotatable bonds is 6. The molecule has 132 valence electrons. The van der Waals surface area contributed by atoms with Crippen molar-refractivity contribution >= 4 is 23.8 Å². The quantitative estimate of drug-likeness (QED) is 0.339. The molecule has 0 amide bonds.